The van der Waals surface area contributed by atoms with E-state index in [-0.39, 0.29) is 5.88 Å². The van der Waals surface area contributed by atoms with E-state index in [1.54, 1.807) is 18.5 Å². The van der Waals surface area contributed by atoms with Crippen molar-refractivity contribution < 1.29 is 5.11 Å². The van der Waals surface area contributed by atoms with Gasteiger partial charge >= 0.3 is 0 Å². The molecule has 50 valence electrons. The third-order valence-corrected chi connectivity index (χ3v) is 1.34. The van der Waals surface area contributed by atoms with Crippen LogP contribution in [-0.4, -0.2) is 20.3 Å². The first kappa shape index (κ1) is 5.22. The molecule has 0 aromatic carbocycles. The van der Waals surface area contributed by atoms with Crippen LogP contribution in [0.2, 0.25) is 0 Å². The van der Waals surface area contributed by atoms with Gasteiger partial charge < -0.3 is 10.1 Å². The van der Waals surface area contributed by atoms with Gasteiger partial charge in [-0.1, -0.05) is 0 Å². The number of nitrogens with one attached hydrogen (secondary N) is 1. The van der Waals surface area contributed by atoms with Crippen LogP contribution in [0.15, 0.2) is 18.5 Å². The van der Waals surface area contributed by atoms with Crippen LogP contribution in [0.5, 0.6) is 5.88 Å². The van der Waals surface area contributed by atoms with Crippen molar-refractivity contribution >= 4 is 10.9 Å². The lowest BCUT2D eigenvalue weighted by Crippen LogP contribution is -1.76. The topological polar surface area (TPSA) is 61.8 Å². The Hall–Kier alpha value is -1.58. The summed E-state index contributed by atoms with van der Waals surface area (Å²) in [5.74, 6) is 0.0723. The van der Waals surface area contributed by atoms with E-state index in [1.807, 2.05) is 0 Å². The summed E-state index contributed by atoms with van der Waals surface area (Å²) in [6.45, 7) is 0. The highest BCUT2D eigenvalue weighted by Gasteiger charge is 2.00. The monoisotopic (exact) mass is 135 g/mol. The molecular formula is C6H5N3O. The number of aromatic amines is 1. The molecule has 0 saturated carbocycles. The molecule has 0 fully saturated rings. The Labute approximate surface area is 56.5 Å². The van der Waals surface area contributed by atoms with Gasteiger partial charge in [-0.15, -0.1) is 5.10 Å². The SMILES string of the molecule is Oc1[nH]cc2ccnnc12. The Morgan fingerprint density at radius 1 is 1.50 bits per heavy atom. The van der Waals surface area contributed by atoms with Crippen molar-refractivity contribution in [3.8, 4) is 5.88 Å². The number of hydrogen-bond acceptors (Lipinski definition) is 3. The molecule has 10 heavy (non-hydrogen) atoms. The highest BCUT2D eigenvalue weighted by atomic mass is 16.3. The molecule has 0 radical (unpaired) electrons. The zero-order valence-corrected chi connectivity index (χ0v) is 5.07. The minimum absolute atomic E-state index is 0.0723. The number of nitrogens with zero attached hydrogens (tertiary/aromatic N) is 2. The van der Waals surface area contributed by atoms with E-state index >= 15 is 0 Å². The molecule has 0 bridgehead atoms. The number of H-pyrrole nitrogens is 1. The maximum Gasteiger partial charge on any atom is 0.217 e. The van der Waals surface area contributed by atoms with Crippen molar-refractivity contribution in [2.24, 2.45) is 0 Å². The smallest absolute Gasteiger partial charge is 0.217 e. The Morgan fingerprint density at radius 3 is 3.20 bits per heavy atom. The largest absolute Gasteiger partial charge is 0.493 e. The molecule has 4 heteroatoms. The molecule has 0 amide bonds. The molecule has 0 atom stereocenters. The van der Waals surface area contributed by atoms with E-state index in [2.05, 4.69) is 15.2 Å². The van der Waals surface area contributed by atoms with Gasteiger partial charge in [0.05, 0.1) is 6.20 Å². The highest BCUT2D eigenvalue weighted by molar-refractivity contribution is 5.82. The second kappa shape index (κ2) is 1.70. The first-order valence-electron chi connectivity index (χ1n) is 2.85. The number of aromatic hydroxyl groups is 1. The molecule has 0 unspecified atom stereocenters. The Bertz CT molecular complexity index is 355. The summed E-state index contributed by atoms with van der Waals surface area (Å²) in [5, 5.41) is 17.2. The number of rotatable bonds is 0. The Kier molecular flexibility index (Phi) is 0.887. The molecule has 2 heterocycles. The fourth-order valence-corrected chi connectivity index (χ4v) is 0.856. The molecule has 0 aliphatic rings. The van der Waals surface area contributed by atoms with Gasteiger partial charge in [0.15, 0.2) is 5.52 Å². The fourth-order valence-electron chi connectivity index (χ4n) is 0.856. The first-order chi connectivity index (χ1) is 4.88. The quantitative estimate of drug-likeness (QED) is 0.557. The van der Waals surface area contributed by atoms with Gasteiger partial charge in [0.1, 0.15) is 0 Å². The maximum atomic E-state index is 9.05. The Balaban J connectivity index is 2.93. The van der Waals surface area contributed by atoms with Gasteiger partial charge in [-0.2, -0.15) is 5.10 Å². The van der Waals surface area contributed by atoms with Crippen LogP contribution in [0.25, 0.3) is 10.9 Å². The average Bonchev–Trinajstić information content (AvgIpc) is 2.34. The summed E-state index contributed by atoms with van der Waals surface area (Å²) >= 11 is 0. The van der Waals surface area contributed by atoms with Gasteiger partial charge in [-0.25, -0.2) is 0 Å². The summed E-state index contributed by atoms with van der Waals surface area (Å²) in [6.07, 6.45) is 3.26. The van der Waals surface area contributed by atoms with E-state index in [1.165, 1.54) is 0 Å². The van der Waals surface area contributed by atoms with E-state index in [0.717, 1.165) is 5.39 Å². The molecule has 2 rings (SSSR count). The third kappa shape index (κ3) is 0.556. The molecule has 0 saturated heterocycles. The first-order valence-corrected chi connectivity index (χ1v) is 2.85. The van der Waals surface area contributed by atoms with Crippen LogP contribution in [-0.2, 0) is 0 Å². The second-order valence-corrected chi connectivity index (χ2v) is 1.97. The van der Waals surface area contributed by atoms with E-state index in [4.69, 9.17) is 5.11 Å². The van der Waals surface area contributed by atoms with Crippen LogP contribution in [0, 0.1) is 0 Å². The maximum absolute atomic E-state index is 9.05. The zero-order chi connectivity index (χ0) is 6.97. The highest BCUT2D eigenvalue weighted by Crippen LogP contribution is 2.18. The average molecular weight is 135 g/mol. The minimum Gasteiger partial charge on any atom is -0.493 e. The summed E-state index contributed by atoms with van der Waals surface area (Å²) in [6, 6.07) is 1.78. The van der Waals surface area contributed by atoms with Crippen LogP contribution in [0.4, 0.5) is 0 Å². The number of fused-ring (bicyclic) bond motifs is 1. The molecular weight excluding hydrogens is 130 g/mol. The molecule has 2 aromatic heterocycles. The number of aromatic nitrogens is 3. The minimum atomic E-state index is 0.0723. The summed E-state index contributed by atoms with van der Waals surface area (Å²) in [5.41, 5.74) is 0.516. The third-order valence-electron chi connectivity index (χ3n) is 1.34. The lowest BCUT2D eigenvalue weighted by molar-refractivity contribution is 0.461. The van der Waals surface area contributed by atoms with E-state index < -0.39 is 0 Å². The van der Waals surface area contributed by atoms with Crippen molar-refractivity contribution in [3.05, 3.63) is 18.5 Å². The van der Waals surface area contributed by atoms with Crippen LogP contribution in [0.3, 0.4) is 0 Å². The van der Waals surface area contributed by atoms with Crippen molar-refractivity contribution in [2.45, 2.75) is 0 Å². The normalized spacial score (nSPS) is 10.4. The standard InChI is InChI=1S/C6H5N3O/c10-6-5-4(3-7-6)1-2-8-9-5/h1-3,7,10H. The lowest BCUT2D eigenvalue weighted by atomic mass is 10.4. The second-order valence-electron chi connectivity index (χ2n) is 1.97. The van der Waals surface area contributed by atoms with Crippen molar-refractivity contribution in [1.29, 1.82) is 0 Å². The van der Waals surface area contributed by atoms with Crippen LogP contribution < -0.4 is 0 Å². The molecule has 0 aliphatic heterocycles. The lowest BCUT2D eigenvalue weighted by Gasteiger charge is -1.83. The van der Waals surface area contributed by atoms with Gasteiger partial charge in [0, 0.05) is 11.6 Å². The summed E-state index contributed by atoms with van der Waals surface area (Å²) < 4.78 is 0. The van der Waals surface area contributed by atoms with Crippen molar-refractivity contribution in [1.82, 2.24) is 15.2 Å². The van der Waals surface area contributed by atoms with Crippen molar-refractivity contribution in [3.63, 3.8) is 0 Å². The molecule has 2 aromatic rings. The molecule has 0 spiro atoms. The molecule has 4 nitrogen and oxygen atoms in total. The molecule has 2 N–H and O–H groups in total. The van der Waals surface area contributed by atoms with Crippen LogP contribution in [0.1, 0.15) is 0 Å². The predicted molar refractivity (Wildman–Crippen MR) is 35.6 cm³/mol. The van der Waals surface area contributed by atoms with E-state index in [0.29, 0.717) is 5.52 Å². The van der Waals surface area contributed by atoms with Gasteiger partial charge in [-0.3, -0.25) is 0 Å². The van der Waals surface area contributed by atoms with Crippen LogP contribution >= 0.6 is 0 Å². The van der Waals surface area contributed by atoms with Gasteiger partial charge in [0.25, 0.3) is 0 Å². The zero-order valence-electron chi connectivity index (χ0n) is 5.07. The summed E-state index contributed by atoms with van der Waals surface area (Å²) in [4.78, 5) is 2.63. The Morgan fingerprint density at radius 2 is 2.40 bits per heavy atom. The molecule has 0 aliphatic carbocycles. The number of hydrogen-bond donors (Lipinski definition) is 2. The van der Waals surface area contributed by atoms with Gasteiger partial charge in [0.2, 0.25) is 5.88 Å². The van der Waals surface area contributed by atoms with E-state index in [9.17, 15) is 0 Å². The van der Waals surface area contributed by atoms with Crippen molar-refractivity contribution in [2.75, 3.05) is 0 Å². The fraction of sp³-hybridized carbons (Fsp3) is 0. The summed E-state index contributed by atoms with van der Waals surface area (Å²) in [7, 11) is 0. The predicted octanol–water partition coefficient (Wildman–Crippen LogP) is 0.663. The van der Waals surface area contributed by atoms with Gasteiger partial charge in [-0.05, 0) is 6.07 Å².